The second-order valence-corrected chi connectivity index (χ2v) is 8.29. The molecule has 6 nitrogen and oxygen atoms in total. The van der Waals surface area contributed by atoms with Gasteiger partial charge in [0, 0.05) is 13.1 Å². The predicted octanol–water partition coefficient (Wildman–Crippen LogP) is 1.37. The van der Waals surface area contributed by atoms with Gasteiger partial charge in [-0.2, -0.15) is 0 Å². The molecule has 0 aliphatic carbocycles. The fourth-order valence-corrected chi connectivity index (χ4v) is 1.79. The number of hydrogen-bond acceptors (Lipinski definition) is 6. The number of nitrogens with two attached hydrogens (primary N) is 1. The minimum absolute atomic E-state index is 0.147. The normalized spacial score (nSPS) is 13.8. The Morgan fingerprint density at radius 1 is 1.00 bits per heavy atom. The number of nitrogens with zero attached hydrogens (tertiary/aromatic N) is 1. The third kappa shape index (κ3) is 11.5. The molecule has 0 aromatic heterocycles. The summed E-state index contributed by atoms with van der Waals surface area (Å²) in [5.41, 5.74) is 5.51. The maximum Gasteiger partial charge on any atom is 0.318 e. The van der Waals surface area contributed by atoms with Crippen molar-refractivity contribution in [1.29, 1.82) is 0 Å². The van der Waals surface area contributed by atoms with Crippen LogP contribution in [0.15, 0.2) is 0 Å². The summed E-state index contributed by atoms with van der Waals surface area (Å²) in [5.74, 6) is -0.418. The van der Waals surface area contributed by atoms with Crippen LogP contribution in [0.2, 0.25) is 0 Å². The zero-order valence-corrected chi connectivity index (χ0v) is 16.8. The lowest BCUT2D eigenvalue weighted by atomic mass is 10.3. The van der Waals surface area contributed by atoms with Crippen molar-refractivity contribution in [1.82, 2.24) is 4.90 Å². The van der Waals surface area contributed by atoms with Gasteiger partial charge in [0.1, 0.15) is 21.1 Å². The van der Waals surface area contributed by atoms with Gasteiger partial charge in [-0.1, -0.05) is 45.2 Å². The molecule has 0 saturated carbocycles. The molecule has 0 saturated heterocycles. The van der Waals surface area contributed by atoms with Crippen LogP contribution in [0.25, 0.3) is 0 Å². The molecule has 8 heteroatoms. The number of esters is 2. The second kappa shape index (κ2) is 12.8. The summed E-state index contributed by atoms with van der Waals surface area (Å²) in [6.07, 6.45) is 0.854. The standard InChI is InChI=1S/C13H24I2N2O4/c1-10(14)12(18)20-8-6-17(5-3-4-16)7-9-21-13(19)11(2)15/h10-11H,3-9,16H2,1-2H3. The van der Waals surface area contributed by atoms with Crippen molar-refractivity contribution in [3.63, 3.8) is 0 Å². The molecule has 2 N–H and O–H groups in total. The van der Waals surface area contributed by atoms with Crippen molar-refractivity contribution in [2.45, 2.75) is 28.1 Å². The Morgan fingerprint density at radius 3 is 1.76 bits per heavy atom. The third-order valence-corrected chi connectivity index (χ3v) is 3.65. The van der Waals surface area contributed by atoms with E-state index in [1.165, 1.54) is 0 Å². The zero-order chi connectivity index (χ0) is 16.3. The molecule has 0 fully saturated rings. The minimum Gasteiger partial charge on any atom is -0.464 e. The molecule has 0 aromatic rings. The zero-order valence-electron chi connectivity index (χ0n) is 12.5. The van der Waals surface area contributed by atoms with Crippen LogP contribution in [-0.4, -0.2) is 64.1 Å². The van der Waals surface area contributed by atoms with Crippen molar-refractivity contribution in [2.75, 3.05) is 39.4 Å². The van der Waals surface area contributed by atoms with Gasteiger partial charge in [-0.3, -0.25) is 14.5 Å². The first-order valence-corrected chi connectivity index (χ1v) is 9.41. The maximum absolute atomic E-state index is 11.4. The van der Waals surface area contributed by atoms with Crippen LogP contribution in [0, 0.1) is 0 Å². The summed E-state index contributed by atoms with van der Waals surface area (Å²) in [4.78, 5) is 24.8. The van der Waals surface area contributed by atoms with E-state index < -0.39 is 0 Å². The largest absolute Gasteiger partial charge is 0.464 e. The molecule has 2 unspecified atom stereocenters. The van der Waals surface area contributed by atoms with Crippen molar-refractivity contribution in [3.8, 4) is 0 Å². The lowest BCUT2D eigenvalue weighted by Crippen LogP contribution is -2.34. The molecule has 0 radical (unpaired) electrons. The molecule has 0 aromatic carbocycles. The van der Waals surface area contributed by atoms with Gasteiger partial charge in [0.25, 0.3) is 0 Å². The average Bonchev–Trinajstić information content (AvgIpc) is 2.43. The van der Waals surface area contributed by atoms with Crippen LogP contribution < -0.4 is 5.73 Å². The number of alkyl halides is 2. The first-order chi connectivity index (χ1) is 9.88. The van der Waals surface area contributed by atoms with Crippen LogP contribution in [0.1, 0.15) is 20.3 Å². The van der Waals surface area contributed by atoms with Crippen molar-refractivity contribution >= 4 is 57.1 Å². The highest BCUT2D eigenvalue weighted by Gasteiger charge is 2.13. The summed E-state index contributed by atoms with van der Waals surface area (Å²) in [5, 5.41) is 0. The molecule has 0 bridgehead atoms. The fourth-order valence-electron chi connectivity index (χ4n) is 1.43. The van der Waals surface area contributed by atoms with Gasteiger partial charge < -0.3 is 15.2 Å². The van der Waals surface area contributed by atoms with Gasteiger partial charge in [-0.25, -0.2) is 0 Å². The monoisotopic (exact) mass is 526 g/mol. The highest BCUT2D eigenvalue weighted by Crippen LogP contribution is 2.03. The fraction of sp³-hybridized carbons (Fsp3) is 0.846. The smallest absolute Gasteiger partial charge is 0.318 e. The van der Waals surface area contributed by atoms with Crippen LogP contribution in [0.3, 0.4) is 0 Å². The van der Waals surface area contributed by atoms with Crippen molar-refractivity contribution < 1.29 is 19.1 Å². The van der Waals surface area contributed by atoms with Crippen LogP contribution in [-0.2, 0) is 19.1 Å². The van der Waals surface area contributed by atoms with Gasteiger partial charge in [0.05, 0.1) is 0 Å². The summed E-state index contributed by atoms with van der Waals surface area (Å²) in [6.45, 7) is 6.90. The Balaban J connectivity index is 4.02. The molecule has 124 valence electrons. The molecule has 2 atom stereocenters. The third-order valence-electron chi connectivity index (χ3n) is 2.63. The lowest BCUT2D eigenvalue weighted by Gasteiger charge is -2.22. The topological polar surface area (TPSA) is 81.9 Å². The molecule has 0 heterocycles. The van der Waals surface area contributed by atoms with Crippen molar-refractivity contribution in [2.24, 2.45) is 5.73 Å². The molecule has 0 spiro atoms. The highest BCUT2D eigenvalue weighted by molar-refractivity contribution is 14.1. The van der Waals surface area contributed by atoms with Gasteiger partial charge in [-0.05, 0) is 33.4 Å². The molecule has 0 amide bonds. The van der Waals surface area contributed by atoms with Crippen LogP contribution in [0.5, 0.6) is 0 Å². The summed E-state index contributed by atoms with van der Waals surface area (Å²) in [7, 11) is 0. The molecule has 0 aliphatic heterocycles. The van der Waals surface area contributed by atoms with Crippen LogP contribution >= 0.6 is 45.2 Å². The van der Waals surface area contributed by atoms with E-state index in [2.05, 4.69) is 4.90 Å². The van der Waals surface area contributed by atoms with Gasteiger partial charge in [0.15, 0.2) is 0 Å². The summed E-state index contributed by atoms with van der Waals surface area (Å²) in [6, 6.07) is 0. The van der Waals surface area contributed by atoms with E-state index in [1.807, 2.05) is 45.2 Å². The first kappa shape index (κ1) is 21.3. The maximum atomic E-state index is 11.4. The Labute approximate surface area is 153 Å². The SMILES string of the molecule is CC(I)C(=O)OCCN(CCCN)CCOC(=O)C(C)I. The van der Waals surface area contributed by atoms with Crippen molar-refractivity contribution in [3.05, 3.63) is 0 Å². The molecule has 0 aliphatic rings. The Morgan fingerprint density at radius 2 is 1.43 bits per heavy atom. The van der Waals surface area contributed by atoms with Gasteiger partial charge in [-0.15, -0.1) is 0 Å². The summed E-state index contributed by atoms with van der Waals surface area (Å²) < 4.78 is 10.0. The number of carbonyl (C=O) groups excluding carboxylic acids is 2. The van der Waals surface area contributed by atoms with E-state index in [1.54, 1.807) is 13.8 Å². The van der Waals surface area contributed by atoms with E-state index in [-0.39, 0.29) is 19.8 Å². The number of rotatable bonds is 11. The number of halogens is 2. The second-order valence-electron chi connectivity index (χ2n) is 4.55. The Hall–Kier alpha value is 0.320. The molecular formula is C13H24I2N2O4. The molecular weight excluding hydrogens is 502 g/mol. The Bertz CT molecular complexity index is 289. The predicted molar refractivity (Wildman–Crippen MR) is 99.0 cm³/mol. The minimum atomic E-state index is -0.209. The number of hydrogen-bond donors (Lipinski definition) is 1. The van der Waals surface area contributed by atoms with E-state index in [4.69, 9.17) is 15.2 Å². The first-order valence-electron chi connectivity index (χ1n) is 6.92. The number of carbonyl (C=O) groups is 2. The quantitative estimate of drug-likeness (QED) is 0.249. The van der Waals surface area contributed by atoms with E-state index in [9.17, 15) is 9.59 Å². The molecule has 21 heavy (non-hydrogen) atoms. The van der Waals surface area contributed by atoms with Gasteiger partial charge >= 0.3 is 11.9 Å². The number of ether oxygens (including phenoxy) is 2. The highest BCUT2D eigenvalue weighted by atomic mass is 127. The summed E-state index contributed by atoms with van der Waals surface area (Å²) >= 11 is 4.04. The van der Waals surface area contributed by atoms with E-state index >= 15 is 0 Å². The molecule has 0 rings (SSSR count). The van der Waals surface area contributed by atoms with E-state index in [0.29, 0.717) is 32.8 Å². The lowest BCUT2D eigenvalue weighted by molar-refractivity contribution is -0.143. The average molecular weight is 526 g/mol. The van der Waals surface area contributed by atoms with Gasteiger partial charge in [0.2, 0.25) is 0 Å². The Kier molecular flexibility index (Phi) is 13.0. The van der Waals surface area contributed by atoms with E-state index in [0.717, 1.165) is 13.0 Å². The van der Waals surface area contributed by atoms with Crippen LogP contribution in [0.4, 0.5) is 0 Å².